The molecule has 0 aromatic heterocycles. The molecule has 0 aromatic carbocycles. The van der Waals surface area contributed by atoms with E-state index in [2.05, 4.69) is 0 Å². The lowest BCUT2D eigenvalue weighted by molar-refractivity contribution is 0.0718. The predicted octanol–water partition coefficient (Wildman–Crippen LogP) is 0.809. The van der Waals surface area contributed by atoms with Crippen molar-refractivity contribution in [1.82, 2.24) is 0 Å². The molecule has 0 saturated carbocycles. The van der Waals surface area contributed by atoms with Crippen molar-refractivity contribution in [2.75, 3.05) is 52.9 Å². The zero-order valence-electron chi connectivity index (χ0n) is 12.0. The number of rotatable bonds is 14. The topological polar surface area (TPSA) is 71.2 Å². The van der Waals surface area contributed by atoms with E-state index in [9.17, 15) is 0 Å². The third kappa shape index (κ3) is 10.1. The Morgan fingerprint density at radius 3 is 1.62 bits per heavy atom. The standard InChI is InChI=1S/C14H22O7/c1(3-16-5-7-18-9-13-11-20-13)15-2-4-17-6-8-19-10-14-12-21-14/h1-4,13-14H,5-12H2. The van der Waals surface area contributed by atoms with Gasteiger partial charge in [0, 0.05) is 0 Å². The lowest BCUT2D eigenvalue weighted by atomic mass is 10.5. The molecule has 7 heteroatoms. The van der Waals surface area contributed by atoms with Gasteiger partial charge in [0.15, 0.2) is 0 Å². The van der Waals surface area contributed by atoms with E-state index in [1.165, 1.54) is 25.0 Å². The highest BCUT2D eigenvalue weighted by atomic mass is 16.6. The van der Waals surface area contributed by atoms with Crippen molar-refractivity contribution in [1.29, 1.82) is 0 Å². The van der Waals surface area contributed by atoms with Crippen molar-refractivity contribution >= 4 is 0 Å². The average molecular weight is 302 g/mol. The highest BCUT2D eigenvalue weighted by molar-refractivity contribution is 4.70. The number of hydrogen-bond donors (Lipinski definition) is 0. The van der Waals surface area contributed by atoms with Gasteiger partial charge in [0.05, 0.1) is 39.6 Å². The molecule has 2 aliphatic rings. The second-order valence-corrected chi connectivity index (χ2v) is 4.48. The van der Waals surface area contributed by atoms with Crippen LogP contribution >= 0.6 is 0 Å². The molecule has 2 saturated heterocycles. The fourth-order valence-corrected chi connectivity index (χ4v) is 1.30. The Labute approximate surface area is 124 Å². The third-order valence-electron chi connectivity index (χ3n) is 2.56. The molecule has 2 heterocycles. The Morgan fingerprint density at radius 2 is 1.19 bits per heavy atom. The maximum Gasteiger partial charge on any atom is 0.125 e. The van der Waals surface area contributed by atoms with Gasteiger partial charge in [-0.05, 0) is 0 Å². The highest BCUT2D eigenvalue weighted by Crippen LogP contribution is 2.08. The first-order valence-corrected chi connectivity index (χ1v) is 7.02. The van der Waals surface area contributed by atoms with Crippen LogP contribution in [0.25, 0.3) is 0 Å². The molecule has 0 bridgehead atoms. The molecule has 0 amide bonds. The van der Waals surface area contributed by atoms with Gasteiger partial charge in [-0.15, -0.1) is 0 Å². The molecular weight excluding hydrogens is 280 g/mol. The van der Waals surface area contributed by atoms with Crippen molar-refractivity contribution in [3.63, 3.8) is 0 Å². The van der Waals surface area contributed by atoms with Crippen LogP contribution in [-0.4, -0.2) is 65.1 Å². The Morgan fingerprint density at radius 1 is 0.714 bits per heavy atom. The van der Waals surface area contributed by atoms with Gasteiger partial charge in [-0.1, -0.05) is 0 Å². The Hall–Kier alpha value is -1.28. The van der Waals surface area contributed by atoms with Gasteiger partial charge >= 0.3 is 0 Å². The maximum atomic E-state index is 5.29. The number of epoxide rings is 2. The Bertz CT molecular complexity index is 280. The minimum atomic E-state index is 0.293. The van der Waals surface area contributed by atoms with Crippen LogP contribution in [0.3, 0.4) is 0 Å². The first-order valence-electron chi connectivity index (χ1n) is 7.02. The summed E-state index contributed by atoms with van der Waals surface area (Å²) in [7, 11) is 0. The van der Waals surface area contributed by atoms with E-state index in [1.54, 1.807) is 0 Å². The molecule has 21 heavy (non-hydrogen) atoms. The fraction of sp³-hybridized carbons (Fsp3) is 0.714. The van der Waals surface area contributed by atoms with E-state index < -0.39 is 0 Å². The van der Waals surface area contributed by atoms with E-state index in [1.807, 2.05) is 0 Å². The molecule has 2 fully saturated rings. The molecule has 0 spiro atoms. The summed E-state index contributed by atoms with van der Waals surface area (Å²) in [5, 5.41) is 0. The third-order valence-corrected chi connectivity index (χ3v) is 2.56. The van der Waals surface area contributed by atoms with Crippen LogP contribution in [0, 0.1) is 0 Å². The monoisotopic (exact) mass is 302 g/mol. The summed E-state index contributed by atoms with van der Waals surface area (Å²) in [6.45, 7) is 4.93. The zero-order chi connectivity index (χ0) is 14.6. The van der Waals surface area contributed by atoms with Gasteiger partial charge in [-0.3, -0.25) is 0 Å². The van der Waals surface area contributed by atoms with Gasteiger partial charge in [0.1, 0.15) is 50.5 Å². The van der Waals surface area contributed by atoms with Crippen molar-refractivity contribution in [3.05, 3.63) is 25.0 Å². The fourth-order valence-electron chi connectivity index (χ4n) is 1.30. The summed E-state index contributed by atoms with van der Waals surface area (Å²) in [5.41, 5.74) is 0. The lowest BCUT2D eigenvalue weighted by Gasteiger charge is -2.02. The van der Waals surface area contributed by atoms with Crippen molar-refractivity contribution in [3.8, 4) is 0 Å². The van der Waals surface area contributed by atoms with Gasteiger partial charge < -0.3 is 33.2 Å². The quantitative estimate of drug-likeness (QED) is 0.267. The summed E-state index contributed by atoms with van der Waals surface area (Å²) in [4.78, 5) is 0. The van der Waals surface area contributed by atoms with Crippen LogP contribution in [0.4, 0.5) is 0 Å². The normalized spacial score (nSPS) is 23.6. The van der Waals surface area contributed by atoms with Crippen LogP contribution < -0.4 is 0 Å². The van der Waals surface area contributed by atoms with Gasteiger partial charge in [0.25, 0.3) is 0 Å². The zero-order valence-corrected chi connectivity index (χ0v) is 12.0. The smallest absolute Gasteiger partial charge is 0.125 e. The average Bonchev–Trinajstić information content (AvgIpc) is 3.37. The van der Waals surface area contributed by atoms with E-state index in [-0.39, 0.29) is 0 Å². The summed E-state index contributed by atoms with van der Waals surface area (Å²) in [6.07, 6.45) is 6.35. The van der Waals surface area contributed by atoms with Gasteiger partial charge in [-0.2, -0.15) is 0 Å². The summed E-state index contributed by atoms with van der Waals surface area (Å²) >= 11 is 0. The molecule has 0 aliphatic carbocycles. The Balaban J connectivity index is 1.26. The lowest BCUT2D eigenvalue weighted by Crippen LogP contribution is -2.06. The van der Waals surface area contributed by atoms with E-state index >= 15 is 0 Å². The predicted molar refractivity (Wildman–Crippen MR) is 72.4 cm³/mol. The molecule has 0 N–H and O–H groups in total. The van der Waals surface area contributed by atoms with E-state index in [4.69, 9.17) is 33.2 Å². The van der Waals surface area contributed by atoms with E-state index in [0.717, 1.165) is 13.2 Å². The molecule has 0 aromatic rings. The molecule has 2 rings (SSSR count). The van der Waals surface area contributed by atoms with Crippen LogP contribution in [0.1, 0.15) is 0 Å². The van der Waals surface area contributed by atoms with Crippen LogP contribution in [0.2, 0.25) is 0 Å². The molecule has 2 unspecified atom stereocenters. The molecular formula is C14H22O7. The van der Waals surface area contributed by atoms with Crippen molar-refractivity contribution in [2.45, 2.75) is 12.2 Å². The van der Waals surface area contributed by atoms with Crippen molar-refractivity contribution < 1.29 is 33.2 Å². The summed E-state index contributed by atoms with van der Waals surface area (Å²) < 4.78 is 35.9. The molecule has 7 nitrogen and oxygen atoms in total. The second-order valence-electron chi connectivity index (χ2n) is 4.48. The molecule has 2 aliphatic heterocycles. The number of hydrogen-bond acceptors (Lipinski definition) is 7. The minimum absolute atomic E-state index is 0.293. The van der Waals surface area contributed by atoms with Crippen LogP contribution in [0.5, 0.6) is 0 Å². The van der Waals surface area contributed by atoms with Crippen LogP contribution in [-0.2, 0) is 33.2 Å². The summed E-state index contributed by atoms with van der Waals surface area (Å²) in [5.74, 6) is 0. The van der Waals surface area contributed by atoms with Crippen molar-refractivity contribution in [2.24, 2.45) is 0 Å². The SMILES string of the molecule is C(=COCCOCC1CO1)OC=COCCOCC1CO1. The first-order chi connectivity index (χ1) is 10.4. The first kappa shape index (κ1) is 16.1. The second kappa shape index (κ2) is 10.4. The number of ether oxygens (including phenoxy) is 7. The maximum absolute atomic E-state index is 5.29. The van der Waals surface area contributed by atoms with Gasteiger partial charge in [0.2, 0.25) is 0 Å². The van der Waals surface area contributed by atoms with Gasteiger partial charge in [-0.25, -0.2) is 0 Å². The molecule has 120 valence electrons. The minimum Gasteiger partial charge on any atom is -0.496 e. The Kier molecular flexibility index (Phi) is 8.01. The van der Waals surface area contributed by atoms with E-state index in [0.29, 0.717) is 51.8 Å². The molecule has 0 radical (unpaired) electrons. The molecule has 2 atom stereocenters. The largest absolute Gasteiger partial charge is 0.496 e. The van der Waals surface area contributed by atoms with Crippen LogP contribution in [0.15, 0.2) is 25.0 Å². The highest BCUT2D eigenvalue weighted by Gasteiger charge is 2.22. The summed E-state index contributed by atoms with van der Waals surface area (Å²) in [6, 6.07) is 0.